The fourth-order valence-electron chi connectivity index (χ4n) is 10.5. The van der Waals surface area contributed by atoms with Crippen molar-refractivity contribution in [2.75, 3.05) is 0 Å². The van der Waals surface area contributed by atoms with E-state index in [4.69, 9.17) is 15.0 Å². The summed E-state index contributed by atoms with van der Waals surface area (Å²) in [6.45, 7) is 0. The standard InChI is InChI=1S/C61H37N5/c1-4-15-38(16-5-1)59-62-60(39-17-6-2-7-18-39)64-61(63-59)40-27-31-44(32-28-40)66-56-34-30-42(41-29-33-55-50(35-41)47-23-12-13-26-54(47)65(55)43-19-8-3-9-20-43)36-51(56)53-37-52-46-22-11-10-21-45(46)48-24-14-25-49(57(48)52)58(53)66/h1-37H. The molecule has 0 radical (unpaired) electrons. The van der Waals surface area contributed by atoms with Gasteiger partial charge in [0, 0.05) is 55.0 Å². The maximum atomic E-state index is 5.04. The van der Waals surface area contributed by atoms with E-state index < -0.39 is 0 Å². The van der Waals surface area contributed by atoms with Crippen molar-refractivity contribution in [2.24, 2.45) is 0 Å². The second kappa shape index (κ2) is 14.3. The van der Waals surface area contributed by atoms with Crippen molar-refractivity contribution in [3.63, 3.8) is 0 Å². The van der Waals surface area contributed by atoms with E-state index in [9.17, 15) is 0 Å². The molecule has 0 spiro atoms. The molecule has 1 aliphatic carbocycles. The first-order chi connectivity index (χ1) is 32.7. The smallest absolute Gasteiger partial charge is 0.164 e. The molecule has 0 atom stereocenters. The second-order valence-electron chi connectivity index (χ2n) is 17.2. The van der Waals surface area contributed by atoms with Gasteiger partial charge in [-0.3, -0.25) is 0 Å². The van der Waals surface area contributed by atoms with Gasteiger partial charge < -0.3 is 9.13 Å². The predicted octanol–water partition coefficient (Wildman–Crippen LogP) is 15.5. The molecule has 0 amide bonds. The maximum Gasteiger partial charge on any atom is 0.164 e. The van der Waals surface area contributed by atoms with Crippen LogP contribution in [0.1, 0.15) is 0 Å². The van der Waals surface area contributed by atoms with Crippen LogP contribution in [0.15, 0.2) is 224 Å². The molecule has 5 heteroatoms. The molecule has 3 aromatic heterocycles. The summed E-state index contributed by atoms with van der Waals surface area (Å²) in [4.78, 5) is 15.0. The number of hydrogen-bond acceptors (Lipinski definition) is 3. The van der Waals surface area contributed by atoms with E-state index in [1.165, 1.54) is 82.2 Å². The zero-order valence-electron chi connectivity index (χ0n) is 35.6. The molecule has 14 rings (SSSR count). The topological polar surface area (TPSA) is 48.5 Å². The fourth-order valence-corrected chi connectivity index (χ4v) is 10.5. The number of fused-ring (bicyclic) bond motifs is 10. The van der Waals surface area contributed by atoms with E-state index >= 15 is 0 Å². The van der Waals surface area contributed by atoms with Gasteiger partial charge in [-0.1, -0.05) is 152 Å². The highest BCUT2D eigenvalue weighted by Gasteiger charge is 2.26. The van der Waals surface area contributed by atoms with Gasteiger partial charge in [0.2, 0.25) is 0 Å². The van der Waals surface area contributed by atoms with Crippen LogP contribution >= 0.6 is 0 Å². The van der Waals surface area contributed by atoms with Gasteiger partial charge in [-0.15, -0.1) is 0 Å². The van der Waals surface area contributed by atoms with Gasteiger partial charge >= 0.3 is 0 Å². The highest BCUT2D eigenvalue weighted by atomic mass is 15.0. The molecule has 0 saturated heterocycles. The molecule has 10 aromatic carbocycles. The van der Waals surface area contributed by atoms with Crippen LogP contribution in [0.5, 0.6) is 0 Å². The highest BCUT2D eigenvalue weighted by Crippen LogP contribution is 2.51. The van der Waals surface area contributed by atoms with Gasteiger partial charge in [0.05, 0.1) is 22.1 Å². The predicted molar refractivity (Wildman–Crippen MR) is 272 cm³/mol. The summed E-state index contributed by atoms with van der Waals surface area (Å²) in [7, 11) is 0. The first kappa shape index (κ1) is 36.5. The maximum absolute atomic E-state index is 5.04. The first-order valence-corrected chi connectivity index (χ1v) is 22.4. The summed E-state index contributed by atoms with van der Waals surface area (Å²) in [5, 5.41) is 7.47. The quantitative estimate of drug-likeness (QED) is 0.168. The highest BCUT2D eigenvalue weighted by molar-refractivity contribution is 6.28. The molecule has 306 valence electrons. The minimum atomic E-state index is 0.633. The molecule has 0 saturated carbocycles. The van der Waals surface area contributed by atoms with Crippen LogP contribution in [0.25, 0.3) is 133 Å². The third-order valence-electron chi connectivity index (χ3n) is 13.5. The van der Waals surface area contributed by atoms with Crippen molar-refractivity contribution in [3.05, 3.63) is 224 Å². The fraction of sp³-hybridized carbons (Fsp3) is 0. The van der Waals surface area contributed by atoms with Gasteiger partial charge in [0.15, 0.2) is 17.5 Å². The zero-order chi connectivity index (χ0) is 43.3. The number of benzene rings is 10. The van der Waals surface area contributed by atoms with Crippen molar-refractivity contribution in [2.45, 2.75) is 0 Å². The minimum absolute atomic E-state index is 0.633. The largest absolute Gasteiger partial charge is 0.309 e. The van der Waals surface area contributed by atoms with Crippen molar-refractivity contribution in [1.82, 2.24) is 24.1 Å². The Kier molecular flexibility index (Phi) is 7.91. The lowest BCUT2D eigenvalue weighted by atomic mass is 9.97. The van der Waals surface area contributed by atoms with Gasteiger partial charge in [0.25, 0.3) is 0 Å². The third kappa shape index (κ3) is 5.50. The summed E-state index contributed by atoms with van der Waals surface area (Å²) in [5.41, 5.74) is 17.3. The Hall–Kier alpha value is -8.93. The van der Waals surface area contributed by atoms with E-state index in [1.807, 2.05) is 60.7 Å². The van der Waals surface area contributed by atoms with Crippen LogP contribution in [0.3, 0.4) is 0 Å². The van der Waals surface area contributed by atoms with Crippen LogP contribution in [-0.2, 0) is 0 Å². The van der Waals surface area contributed by atoms with Gasteiger partial charge in [-0.05, 0) is 112 Å². The molecule has 5 nitrogen and oxygen atoms in total. The van der Waals surface area contributed by atoms with Crippen LogP contribution < -0.4 is 0 Å². The third-order valence-corrected chi connectivity index (χ3v) is 13.5. The molecule has 0 N–H and O–H groups in total. The summed E-state index contributed by atoms with van der Waals surface area (Å²) < 4.78 is 4.83. The number of aromatic nitrogens is 5. The average Bonchev–Trinajstić information content (AvgIpc) is 4.03. The SMILES string of the molecule is c1ccc(-c2nc(-c3ccccc3)nc(-c3ccc(-n4c5ccc(-c6ccc7c(c6)c6ccccc6n7-c6ccccc6)cc5c5cc6c7c(cccc7c54)-c4ccccc4-6)cc3)n2)cc1. The minimum Gasteiger partial charge on any atom is -0.309 e. The van der Waals surface area contributed by atoms with E-state index in [2.05, 4.69) is 173 Å². The molecule has 13 aromatic rings. The number of nitrogens with zero attached hydrogens (tertiary/aromatic N) is 5. The molecule has 1 aliphatic rings. The van der Waals surface area contributed by atoms with Crippen molar-refractivity contribution in [3.8, 4) is 78.9 Å². The van der Waals surface area contributed by atoms with Gasteiger partial charge in [-0.25, -0.2) is 15.0 Å². The molecule has 0 fully saturated rings. The Morgan fingerprint density at radius 1 is 0.258 bits per heavy atom. The monoisotopic (exact) mass is 839 g/mol. The lowest BCUT2D eigenvalue weighted by molar-refractivity contribution is 1.07. The van der Waals surface area contributed by atoms with Crippen molar-refractivity contribution < 1.29 is 0 Å². The Bertz CT molecular complexity index is 4020. The Morgan fingerprint density at radius 3 is 1.36 bits per heavy atom. The normalized spacial score (nSPS) is 11.9. The van der Waals surface area contributed by atoms with Crippen LogP contribution in [-0.4, -0.2) is 24.1 Å². The number of hydrogen-bond donors (Lipinski definition) is 0. The van der Waals surface area contributed by atoms with E-state index in [0.29, 0.717) is 17.5 Å². The molecular formula is C61H37N5. The molecule has 0 bridgehead atoms. The lowest BCUT2D eigenvalue weighted by Gasteiger charge is -2.12. The van der Waals surface area contributed by atoms with E-state index in [0.717, 1.165) is 33.6 Å². The summed E-state index contributed by atoms with van der Waals surface area (Å²) >= 11 is 0. The summed E-state index contributed by atoms with van der Waals surface area (Å²) in [5.74, 6) is 1.92. The van der Waals surface area contributed by atoms with Crippen LogP contribution in [0, 0.1) is 0 Å². The van der Waals surface area contributed by atoms with Gasteiger partial charge in [0.1, 0.15) is 0 Å². The van der Waals surface area contributed by atoms with Crippen molar-refractivity contribution in [1.29, 1.82) is 0 Å². The molecule has 0 aliphatic heterocycles. The van der Waals surface area contributed by atoms with Crippen LogP contribution in [0.2, 0.25) is 0 Å². The molecule has 0 unspecified atom stereocenters. The zero-order valence-corrected chi connectivity index (χ0v) is 35.6. The van der Waals surface area contributed by atoms with E-state index in [-0.39, 0.29) is 0 Å². The Labute approximate surface area is 380 Å². The Morgan fingerprint density at radius 2 is 0.712 bits per heavy atom. The van der Waals surface area contributed by atoms with Gasteiger partial charge in [-0.2, -0.15) is 0 Å². The second-order valence-corrected chi connectivity index (χ2v) is 17.2. The molecule has 3 heterocycles. The number of para-hydroxylation sites is 2. The Balaban J connectivity index is 0.969. The molecular weight excluding hydrogens is 803 g/mol. The van der Waals surface area contributed by atoms with Crippen LogP contribution in [0.4, 0.5) is 0 Å². The first-order valence-electron chi connectivity index (χ1n) is 22.4. The average molecular weight is 840 g/mol. The summed E-state index contributed by atoms with van der Waals surface area (Å²) in [6, 6.07) is 80.5. The molecule has 66 heavy (non-hydrogen) atoms. The van der Waals surface area contributed by atoms with Crippen molar-refractivity contribution >= 4 is 54.4 Å². The lowest BCUT2D eigenvalue weighted by Crippen LogP contribution is -2.00. The number of rotatable bonds is 6. The summed E-state index contributed by atoms with van der Waals surface area (Å²) in [6.07, 6.45) is 0. The van der Waals surface area contributed by atoms with E-state index in [1.54, 1.807) is 0 Å².